The number of fused-ring (bicyclic) bond motifs is 4. The van der Waals surface area contributed by atoms with Crippen LogP contribution in [0.2, 0.25) is 5.02 Å². The minimum absolute atomic E-state index is 0.0917. The molecule has 1 fully saturated rings. The van der Waals surface area contributed by atoms with Crippen molar-refractivity contribution in [3.05, 3.63) is 70.3 Å². The minimum Gasteiger partial charge on any atom is -0.490 e. The average Bonchev–Trinajstić information content (AvgIpc) is 3.19. The van der Waals surface area contributed by atoms with Gasteiger partial charge in [0.25, 0.3) is 0 Å². The monoisotopic (exact) mass is 666 g/mol. The number of ether oxygens (including phenoxy) is 3. The molecular weight excluding hydrogens is 624 g/mol. The maximum absolute atomic E-state index is 13.4. The molecule has 1 saturated carbocycles. The van der Waals surface area contributed by atoms with E-state index in [2.05, 4.69) is 11.0 Å². The summed E-state index contributed by atoms with van der Waals surface area (Å²) in [7, 11) is 2.83. The van der Waals surface area contributed by atoms with E-state index in [0.717, 1.165) is 37.8 Å². The molecule has 11 heteroatoms. The van der Waals surface area contributed by atoms with Crippen LogP contribution in [-0.4, -0.2) is 86.1 Å². The molecule has 2 bridgehead atoms. The first-order valence-electron chi connectivity index (χ1n) is 16.4. The summed E-state index contributed by atoms with van der Waals surface area (Å²) in [5.41, 5.74) is 0.854. The molecule has 2 N–H and O–H groups in total. The number of benzene rings is 2. The molecule has 6 rings (SSSR count). The van der Waals surface area contributed by atoms with Crippen LogP contribution in [0.25, 0.3) is 0 Å². The highest BCUT2D eigenvalue weighted by Crippen LogP contribution is 2.48. The predicted molar refractivity (Wildman–Crippen MR) is 176 cm³/mol. The van der Waals surface area contributed by atoms with Gasteiger partial charge in [0.15, 0.2) is 5.60 Å². The molecule has 2 heterocycles. The summed E-state index contributed by atoms with van der Waals surface area (Å²) in [6.07, 6.45) is 8.12. The van der Waals surface area contributed by atoms with Gasteiger partial charge >= 0.3 is 11.9 Å². The number of anilines is 1. The molecule has 2 aliphatic carbocycles. The number of rotatable bonds is 4. The number of carbonyl (C=O) groups is 3. The van der Waals surface area contributed by atoms with Crippen molar-refractivity contribution in [3.63, 3.8) is 0 Å². The zero-order chi connectivity index (χ0) is 33.3. The molecular formula is C36H43ClN2O8. The number of carboxylic acids is 1. The molecule has 2 aliphatic heterocycles. The predicted octanol–water partition coefficient (Wildman–Crippen LogP) is 4.48. The third-order valence-corrected chi connectivity index (χ3v) is 10.8. The van der Waals surface area contributed by atoms with Gasteiger partial charge in [-0.2, -0.15) is 0 Å². The van der Waals surface area contributed by atoms with Gasteiger partial charge in [0.05, 0.1) is 31.9 Å². The molecule has 4 aliphatic rings. The fraction of sp³-hybridized carbons (Fsp3) is 0.528. The smallest absolute Gasteiger partial charge is 0.343 e. The Morgan fingerprint density at radius 1 is 1.17 bits per heavy atom. The van der Waals surface area contributed by atoms with Crippen LogP contribution in [0.15, 0.2) is 48.6 Å². The number of aliphatic carboxylic acids is 1. The van der Waals surface area contributed by atoms with E-state index in [9.17, 15) is 24.6 Å². The Labute approximate surface area is 280 Å². The Balaban J connectivity index is 1.45. The highest BCUT2D eigenvalue weighted by Gasteiger charge is 2.47. The number of aryl methyl sites for hydroxylation is 1. The maximum Gasteiger partial charge on any atom is 0.343 e. The number of hydrogen-bond donors (Lipinski definition) is 2. The van der Waals surface area contributed by atoms with Crippen LogP contribution in [0.1, 0.15) is 55.2 Å². The van der Waals surface area contributed by atoms with Crippen molar-refractivity contribution in [2.24, 2.45) is 11.8 Å². The highest BCUT2D eigenvalue weighted by atomic mass is 35.5. The van der Waals surface area contributed by atoms with Crippen molar-refractivity contribution in [3.8, 4) is 5.75 Å². The van der Waals surface area contributed by atoms with Gasteiger partial charge in [-0.05, 0) is 91.3 Å². The van der Waals surface area contributed by atoms with Crippen LogP contribution in [-0.2, 0) is 41.3 Å². The lowest BCUT2D eigenvalue weighted by Gasteiger charge is -2.46. The molecule has 1 spiro atoms. The lowest BCUT2D eigenvalue weighted by molar-refractivity contribution is -0.168. The lowest BCUT2D eigenvalue weighted by atomic mass is 9.68. The molecule has 5 atom stereocenters. The van der Waals surface area contributed by atoms with Crippen molar-refractivity contribution in [2.75, 3.05) is 51.9 Å². The number of aliphatic hydroxyl groups is 1. The summed E-state index contributed by atoms with van der Waals surface area (Å²) in [5.74, 6) is -1.44. The van der Waals surface area contributed by atoms with Crippen LogP contribution < -0.4 is 9.64 Å². The number of esters is 1. The van der Waals surface area contributed by atoms with E-state index in [4.69, 9.17) is 25.8 Å². The van der Waals surface area contributed by atoms with E-state index < -0.39 is 36.5 Å². The first-order chi connectivity index (χ1) is 22.5. The normalized spacial score (nSPS) is 29.2. The highest BCUT2D eigenvalue weighted by molar-refractivity contribution is 6.30. The lowest BCUT2D eigenvalue weighted by Crippen LogP contribution is -2.50. The summed E-state index contributed by atoms with van der Waals surface area (Å²) in [4.78, 5) is 41.8. The second kappa shape index (κ2) is 13.5. The van der Waals surface area contributed by atoms with E-state index >= 15 is 0 Å². The number of hydrogen-bond acceptors (Lipinski definition) is 8. The van der Waals surface area contributed by atoms with Gasteiger partial charge in [-0.25, -0.2) is 9.59 Å². The quantitative estimate of drug-likeness (QED) is 0.359. The SMILES string of the molecule is COC(=O)[C@@]1(O)CC(=O)N(C)CCC=C[C@H](OCC(=O)O)[C@@H]2CC[C@H]2CN2C[C@@]3(CCCc4cc(Cl)ccc43)COc3ccc1cc32. The molecule has 47 heavy (non-hydrogen) atoms. The van der Waals surface area contributed by atoms with Gasteiger partial charge in [-0.1, -0.05) is 35.9 Å². The van der Waals surface area contributed by atoms with Gasteiger partial charge < -0.3 is 34.2 Å². The summed E-state index contributed by atoms with van der Waals surface area (Å²) >= 11 is 6.42. The van der Waals surface area contributed by atoms with Gasteiger partial charge in [-0.3, -0.25) is 4.79 Å². The Morgan fingerprint density at radius 3 is 2.74 bits per heavy atom. The van der Waals surface area contributed by atoms with Crippen molar-refractivity contribution < 1.29 is 38.8 Å². The topological polar surface area (TPSA) is 126 Å². The number of halogens is 1. The molecule has 10 nitrogen and oxygen atoms in total. The first kappa shape index (κ1) is 33.3. The maximum atomic E-state index is 13.4. The van der Waals surface area contributed by atoms with Gasteiger partial charge in [0.2, 0.25) is 5.91 Å². The third kappa shape index (κ3) is 6.60. The summed E-state index contributed by atoms with van der Waals surface area (Å²) < 4.78 is 17.6. The minimum atomic E-state index is -2.21. The van der Waals surface area contributed by atoms with Crippen LogP contribution in [0.5, 0.6) is 5.75 Å². The number of methoxy groups -OCH3 is 1. The van der Waals surface area contributed by atoms with E-state index in [-0.39, 0.29) is 28.9 Å². The van der Waals surface area contributed by atoms with E-state index in [1.165, 1.54) is 23.1 Å². The largest absolute Gasteiger partial charge is 0.490 e. The molecule has 2 aromatic rings. The Morgan fingerprint density at radius 2 is 2.00 bits per heavy atom. The Kier molecular flexibility index (Phi) is 9.56. The van der Waals surface area contributed by atoms with Gasteiger partial charge in [0, 0.05) is 37.1 Å². The molecule has 2 aromatic carbocycles. The summed E-state index contributed by atoms with van der Waals surface area (Å²) in [6, 6.07) is 11.3. The third-order valence-electron chi connectivity index (χ3n) is 10.6. The van der Waals surface area contributed by atoms with Crippen molar-refractivity contribution in [2.45, 2.75) is 62.1 Å². The van der Waals surface area contributed by atoms with Crippen molar-refractivity contribution >= 4 is 35.1 Å². The van der Waals surface area contributed by atoms with Gasteiger partial charge in [0.1, 0.15) is 12.4 Å². The van der Waals surface area contributed by atoms with E-state index in [0.29, 0.717) is 43.4 Å². The Hall–Kier alpha value is -3.60. The zero-order valence-electron chi connectivity index (χ0n) is 27.0. The van der Waals surface area contributed by atoms with Crippen LogP contribution in [0.3, 0.4) is 0 Å². The van der Waals surface area contributed by atoms with Crippen LogP contribution >= 0.6 is 11.6 Å². The van der Waals surface area contributed by atoms with E-state index in [1.807, 2.05) is 24.3 Å². The summed E-state index contributed by atoms with van der Waals surface area (Å²) in [6.45, 7) is 1.64. The molecule has 0 saturated heterocycles. The molecule has 0 unspecified atom stereocenters. The zero-order valence-corrected chi connectivity index (χ0v) is 27.7. The molecule has 252 valence electrons. The van der Waals surface area contributed by atoms with Crippen molar-refractivity contribution in [1.82, 2.24) is 4.90 Å². The summed E-state index contributed by atoms with van der Waals surface area (Å²) in [5, 5.41) is 22.0. The van der Waals surface area contributed by atoms with E-state index in [1.54, 1.807) is 25.2 Å². The number of amides is 1. The van der Waals surface area contributed by atoms with Crippen molar-refractivity contribution in [1.29, 1.82) is 0 Å². The fourth-order valence-electron chi connectivity index (χ4n) is 7.84. The van der Waals surface area contributed by atoms with Gasteiger partial charge in [-0.15, -0.1) is 0 Å². The first-order valence-corrected chi connectivity index (χ1v) is 16.8. The number of carboxylic acid groups (broad SMARTS) is 1. The second-order valence-electron chi connectivity index (χ2n) is 13.5. The number of carbonyl (C=O) groups excluding carboxylic acids is 2. The molecule has 1 amide bonds. The Bertz CT molecular complexity index is 1560. The molecule has 0 radical (unpaired) electrons. The van der Waals surface area contributed by atoms with Crippen LogP contribution in [0, 0.1) is 11.8 Å². The number of nitrogens with zero attached hydrogens (tertiary/aromatic N) is 2. The standard InChI is InChI=1S/C36H43ClN2O8/c1-38-15-4-3-7-30(46-20-33(41)42)27-11-8-24(27)19-39-21-35(14-5-6-23-16-26(37)10-12-28(23)35)22-47-31-13-9-25(17-29(31)39)36(44,18-32(38)40)34(43)45-2/h3,7,9-10,12-13,16-17,24,27,30,44H,4-6,8,11,14-15,18-22H2,1-2H3,(H,41,42)/t24-,27+,30-,35-,36+/m0/s1. The molecule has 0 aromatic heterocycles. The second-order valence-corrected chi connectivity index (χ2v) is 14.0. The average molecular weight is 667 g/mol. The fourth-order valence-corrected chi connectivity index (χ4v) is 8.03. The van der Waals surface area contributed by atoms with Crippen LogP contribution in [0.4, 0.5) is 5.69 Å².